The van der Waals surface area contributed by atoms with Crippen LogP contribution in [0.1, 0.15) is 0 Å². The average molecular weight is 374 g/mol. The van der Waals surface area contributed by atoms with E-state index in [1.54, 1.807) is 37.3 Å². The van der Waals surface area contributed by atoms with Crippen molar-refractivity contribution in [3.8, 4) is 0 Å². The molecule has 142 valence electrons. The maximum atomic E-state index is 11.7. The molecule has 4 aromatic rings. The molecule has 0 aromatic carbocycles. The molecule has 4 aromatic heterocycles. The van der Waals surface area contributed by atoms with Crippen LogP contribution in [0.15, 0.2) is 31.8 Å². The number of aromatic nitrogens is 8. The lowest BCUT2D eigenvalue weighted by molar-refractivity contribution is 0.705. The van der Waals surface area contributed by atoms with E-state index >= 15 is 0 Å². The highest BCUT2D eigenvalue weighted by molar-refractivity contribution is 5.70. The molecule has 0 bridgehead atoms. The second-order valence-electron chi connectivity index (χ2n) is 6.08. The van der Waals surface area contributed by atoms with Crippen molar-refractivity contribution in [3.63, 3.8) is 0 Å². The lowest BCUT2D eigenvalue weighted by Crippen LogP contribution is -2.37. The van der Waals surface area contributed by atoms with Crippen molar-refractivity contribution in [1.82, 2.24) is 37.8 Å². The minimum atomic E-state index is -0.448. The molecule has 0 amide bonds. The second-order valence-corrected chi connectivity index (χ2v) is 6.08. The van der Waals surface area contributed by atoms with E-state index in [-0.39, 0.29) is 11.2 Å². The lowest BCUT2D eigenvalue weighted by atomic mass is 10.5. The minimum Gasteiger partial charge on any atom is -0.328 e. The Morgan fingerprint density at radius 2 is 1.26 bits per heavy atom. The van der Waals surface area contributed by atoms with Gasteiger partial charge >= 0.3 is 11.4 Å². The van der Waals surface area contributed by atoms with E-state index in [4.69, 9.17) is 0 Å². The molecule has 27 heavy (non-hydrogen) atoms. The first kappa shape index (κ1) is 18.1. The molecule has 0 radical (unpaired) electrons. The molecule has 0 saturated carbocycles. The van der Waals surface area contributed by atoms with Gasteiger partial charge in [-0.1, -0.05) is 0 Å². The molecule has 0 aliphatic heterocycles. The van der Waals surface area contributed by atoms with Gasteiger partial charge in [-0.05, 0) is 0 Å². The molecular formula is C15H18N8O4. The minimum absolute atomic E-state index is 0.317. The fourth-order valence-electron chi connectivity index (χ4n) is 2.73. The highest BCUT2D eigenvalue weighted by Crippen LogP contribution is 2.02. The Kier molecular flexibility index (Phi) is 4.18. The van der Waals surface area contributed by atoms with Crippen LogP contribution in [0.4, 0.5) is 0 Å². The number of nitrogens with zero attached hydrogens (tertiary/aromatic N) is 7. The number of hydrogen-bond donors (Lipinski definition) is 1. The summed E-state index contributed by atoms with van der Waals surface area (Å²) in [5.41, 5.74) is 0.132. The van der Waals surface area contributed by atoms with Gasteiger partial charge in [-0.25, -0.2) is 19.6 Å². The van der Waals surface area contributed by atoms with Crippen LogP contribution in [0, 0.1) is 0 Å². The molecule has 0 unspecified atom stereocenters. The summed E-state index contributed by atoms with van der Waals surface area (Å²) < 4.78 is 6.92. The van der Waals surface area contributed by atoms with Gasteiger partial charge in [0.2, 0.25) is 0 Å². The summed E-state index contributed by atoms with van der Waals surface area (Å²) in [5, 5.41) is 0. The quantitative estimate of drug-likeness (QED) is 0.376. The highest BCUT2D eigenvalue weighted by Gasteiger charge is 2.11. The summed E-state index contributed by atoms with van der Waals surface area (Å²) in [5.74, 6) is 0. The van der Waals surface area contributed by atoms with E-state index in [1.807, 2.05) is 0 Å². The smallest absolute Gasteiger partial charge is 0.328 e. The van der Waals surface area contributed by atoms with Crippen molar-refractivity contribution >= 4 is 22.3 Å². The van der Waals surface area contributed by atoms with Gasteiger partial charge in [0.1, 0.15) is 0 Å². The molecule has 12 heteroatoms. The van der Waals surface area contributed by atoms with Gasteiger partial charge in [-0.2, -0.15) is 0 Å². The standard InChI is InChI=1S/C8H10N4O2.C7H8N4O2/c1-10-4-9-6-5(10)7(13)12(3)8(14)11(6)2;1-10-3-8-5-4(10)6(12)9-7(13)11(5)2/h4H,1-3H3;3H,1-2H3,(H,9,12,13). The number of aryl methyl sites for hydroxylation is 4. The number of rotatable bonds is 0. The molecule has 12 nitrogen and oxygen atoms in total. The maximum Gasteiger partial charge on any atom is 0.332 e. The third kappa shape index (κ3) is 2.70. The van der Waals surface area contributed by atoms with Crippen molar-refractivity contribution in [3.05, 3.63) is 54.3 Å². The van der Waals surface area contributed by atoms with Crippen molar-refractivity contribution in [1.29, 1.82) is 0 Å². The largest absolute Gasteiger partial charge is 0.332 e. The van der Waals surface area contributed by atoms with Crippen molar-refractivity contribution in [2.45, 2.75) is 0 Å². The highest BCUT2D eigenvalue weighted by atomic mass is 16.2. The lowest BCUT2D eigenvalue weighted by Gasteiger charge is -2.02. The predicted molar refractivity (Wildman–Crippen MR) is 97.8 cm³/mol. The number of aromatic amines is 1. The molecule has 0 aliphatic carbocycles. The summed E-state index contributed by atoms with van der Waals surface area (Å²) in [6.45, 7) is 0. The first-order valence-electron chi connectivity index (χ1n) is 7.82. The van der Waals surface area contributed by atoms with Crippen LogP contribution in [0.3, 0.4) is 0 Å². The molecule has 0 aliphatic rings. The van der Waals surface area contributed by atoms with Crippen molar-refractivity contribution < 1.29 is 0 Å². The van der Waals surface area contributed by atoms with Crippen LogP contribution >= 0.6 is 0 Å². The summed E-state index contributed by atoms with van der Waals surface area (Å²) in [6, 6.07) is 0. The Morgan fingerprint density at radius 3 is 1.85 bits per heavy atom. The van der Waals surface area contributed by atoms with Gasteiger partial charge in [0.05, 0.1) is 12.7 Å². The Hall–Kier alpha value is -3.70. The van der Waals surface area contributed by atoms with Gasteiger partial charge in [-0.15, -0.1) is 0 Å². The summed E-state index contributed by atoms with van der Waals surface area (Å²) >= 11 is 0. The second kappa shape index (κ2) is 6.23. The predicted octanol–water partition coefficient (Wildman–Crippen LogP) is -2.07. The number of hydrogen-bond acceptors (Lipinski definition) is 6. The van der Waals surface area contributed by atoms with Gasteiger partial charge < -0.3 is 9.13 Å². The van der Waals surface area contributed by atoms with Crippen LogP contribution in [0.5, 0.6) is 0 Å². The fourth-order valence-corrected chi connectivity index (χ4v) is 2.73. The Balaban J connectivity index is 0.000000156. The molecule has 4 rings (SSSR count). The van der Waals surface area contributed by atoms with Crippen LogP contribution in [0.25, 0.3) is 22.3 Å². The van der Waals surface area contributed by atoms with E-state index < -0.39 is 11.2 Å². The van der Waals surface area contributed by atoms with Gasteiger partial charge in [-0.3, -0.25) is 28.3 Å². The normalized spacial score (nSPS) is 11.0. The van der Waals surface area contributed by atoms with Crippen LogP contribution in [-0.2, 0) is 35.2 Å². The van der Waals surface area contributed by atoms with E-state index in [2.05, 4.69) is 15.0 Å². The average Bonchev–Trinajstić information content (AvgIpc) is 3.20. The van der Waals surface area contributed by atoms with E-state index in [0.29, 0.717) is 22.3 Å². The van der Waals surface area contributed by atoms with E-state index in [9.17, 15) is 19.2 Å². The molecular weight excluding hydrogens is 356 g/mol. The summed E-state index contributed by atoms with van der Waals surface area (Å²) in [7, 11) is 8.04. The van der Waals surface area contributed by atoms with Gasteiger partial charge in [0, 0.05) is 35.2 Å². The molecule has 0 atom stereocenters. The number of H-pyrrole nitrogens is 1. The molecule has 4 heterocycles. The zero-order chi connectivity index (χ0) is 20.0. The van der Waals surface area contributed by atoms with E-state index in [0.717, 1.165) is 4.57 Å². The number of imidazole rings is 2. The number of fused-ring (bicyclic) bond motifs is 2. The summed E-state index contributed by atoms with van der Waals surface area (Å²) in [4.78, 5) is 55.7. The molecule has 0 spiro atoms. The van der Waals surface area contributed by atoms with Crippen LogP contribution in [0.2, 0.25) is 0 Å². The van der Waals surface area contributed by atoms with E-state index in [1.165, 1.54) is 28.8 Å². The summed E-state index contributed by atoms with van der Waals surface area (Å²) in [6.07, 6.45) is 3.02. The SMILES string of the molecule is Cn1c(=O)c2c(ncn2C)n(C)c1=O.Cn1cnc2c1c(=O)[nH]c(=O)n2C. The van der Waals surface area contributed by atoms with Crippen LogP contribution < -0.4 is 22.5 Å². The third-order valence-corrected chi connectivity index (χ3v) is 4.29. The Morgan fingerprint density at radius 1 is 0.741 bits per heavy atom. The first-order valence-corrected chi connectivity index (χ1v) is 7.82. The number of nitrogens with one attached hydrogen (secondary N) is 1. The maximum absolute atomic E-state index is 11.7. The zero-order valence-electron chi connectivity index (χ0n) is 15.4. The molecule has 0 saturated heterocycles. The fraction of sp³-hybridized carbons (Fsp3) is 0.333. The Labute approximate surface area is 150 Å². The molecule has 1 N–H and O–H groups in total. The van der Waals surface area contributed by atoms with Crippen molar-refractivity contribution in [2.75, 3.05) is 0 Å². The van der Waals surface area contributed by atoms with Crippen LogP contribution in [-0.4, -0.2) is 37.8 Å². The first-order chi connectivity index (χ1) is 12.6. The van der Waals surface area contributed by atoms with Gasteiger partial charge in [0.25, 0.3) is 11.1 Å². The molecule has 0 fully saturated rings. The van der Waals surface area contributed by atoms with Gasteiger partial charge in [0.15, 0.2) is 22.3 Å². The Bertz CT molecular complexity index is 1410. The topological polar surface area (TPSA) is 134 Å². The monoisotopic (exact) mass is 374 g/mol. The third-order valence-electron chi connectivity index (χ3n) is 4.29. The van der Waals surface area contributed by atoms with Crippen molar-refractivity contribution in [2.24, 2.45) is 35.2 Å². The zero-order valence-corrected chi connectivity index (χ0v) is 15.4.